The van der Waals surface area contributed by atoms with Gasteiger partial charge in [0.1, 0.15) is 5.60 Å². The van der Waals surface area contributed by atoms with Crippen LogP contribution in [0.2, 0.25) is 0 Å². The topological polar surface area (TPSA) is 68.4 Å². The first-order chi connectivity index (χ1) is 11.7. The number of fused-ring (bicyclic) bond motifs is 5. The average Bonchev–Trinajstić information content (AvgIpc) is 3.41. The van der Waals surface area contributed by atoms with Gasteiger partial charge in [0.05, 0.1) is 17.8 Å². The van der Waals surface area contributed by atoms with Gasteiger partial charge in [-0.3, -0.25) is 4.79 Å². The Balaban J connectivity index is 1.65. The van der Waals surface area contributed by atoms with E-state index in [1.54, 1.807) is 6.92 Å². The summed E-state index contributed by atoms with van der Waals surface area (Å²) in [4.78, 5) is 25.2. The third kappa shape index (κ3) is 2.87. The van der Waals surface area contributed by atoms with Gasteiger partial charge in [-0.1, -0.05) is 6.58 Å². The molecule has 0 amide bonds. The highest BCUT2D eigenvalue weighted by atomic mass is 16.6. The maximum Gasteiger partial charge on any atom is 0.334 e. The number of hydrogen-bond acceptors (Lipinski definition) is 5. The molecule has 6 atom stereocenters. The Morgan fingerprint density at radius 2 is 1.84 bits per heavy atom. The van der Waals surface area contributed by atoms with Crippen LogP contribution in [0.15, 0.2) is 24.3 Å². The van der Waals surface area contributed by atoms with Gasteiger partial charge in [-0.15, -0.1) is 0 Å². The quantitative estimate of drug-likeness (QED) is 0.383. The summed E-state index contributed by atoms with van der Waals surface area (Å²) in [6.45, 7) is 9.76. The summed E-state index contributed by atoms with van der Waals surface area (Å²) < 4.78 is 17.3. The van der Waals surface area contributed by atoms with Crippen molar-refractivity contribution >= 4 is 11.8 Å². The fourth-order valence-electron chi connectivity index (χ4n) is 4.21. The first kappa shape index (κ1) is 17.0. The number of rotatable bonds is 0. The molecule has 4 rings (SSSR count). The highest BCUT2D eigenvalue weighted by Crippen LogP contribution is 2.50. The number of epoxide rings is 2. The van der Waals surface area contributed by atoms with Crippen LogP contribution in [0.4, 0.5) is 0 Å². The largest absolute Gasteiger partial charge is 0.448 e. The van der Waals surface area contributed by atoms with Gasteiger partial charge in [0.15, 0.2) is 11.4 Å². The molecule has 0 radical (unpaired) electrons. The van der Waals surface area contributed by atoms with Crippen molar-refractivity contribution in [3.8, 4) is 0 Å². The molecule has 0 spiro atoms. The van der Waals surface area contributed by atoms with Gasteiger partial charge in [-0.25, -0.2) is 4.79 Å². The van der Waals surface area contributed by atoms with Crippen LogP contribution in [-0.4, -0.2) is 40.8 Å². The van der Waals surface area contributed by atoms with Crippen molar-refractivity contribution < 1.29 is 23.8 Å². The highest BCUT2D eigenvalue weighted by molar-refractivity contribution is 6.00. The Labute approximate surface area is 148 Å². The number of ether oxygens (including phenoxy) is 3. The number of carbonyl (C=O) groups is 2. The summed E-state index contributed by atoms with van der Waals surface area (Å²) in [5, 5.41) is 0. The van der Waals surface area contributed by atoms with E-state index >= 15 is 0 Å². The second-order valence-electron chi connectivity index (χ2n) is 8.56. The average molecular weight is 346 g/mol. The SMILES string of the molecule is C=C1C(=O)O[C@]2(C)CC[C@@H]1C[C@@H]1O[C@@]1(C)CC[C@H]1O[C@]1(C)/C=C/C2=O. The molecule has 2 bridgehead atoms. The Bertz CT molecular complexity index is 682. The molecule has 0 aromatic rings. The lowest BCUT2D eigenvalue weighted by molar-refractivity contribution is -0.159. The first-order valence-corrected chi connectivity index (χ1v) is 9.17. The molecule has 0 N–H and O–H groups in total. The molecule has 4 aliphatic rings. The minimum absolute atomic E-state index is 0.00307. The van der Waals surface area contributed by atoms with Crippen LogP contribution in [0.5, 0.6) is 0 Å². The van der Waals surface area contributed by atoms with Crippen molar-refractivity contribution in [3.05, 3.63) is 24.3 Å². The molecular weight excluding hydrogens is 320 g/mol. The molecule has 3 saturated heterocycles. The lowest BCUT2D eigenvalue weighted by Crippen LogP contribution is -2.38. The second kappa shape index (κ2) is 5.27. The molecule has 136 valence electrons. The van der Waals surface area contributed by atoms with Gasteiger partial charge in [0.25, 0.3) is 0 Å². The van der Waals surface area contributed by atoms with Gasteiger partial charge in [-0.2, -0.15) is 0 Å². The molecule has 3 fully saturated rings. The van der Waals surface area contributed by atoms with Crippen LogP contribution >= 0.6 is 0 Å². The molecule has 25 heavy (non-hydrogen) atoms. The first-order valence-electron chi connectivity index (χ1n) is 9.17. The van der Waals surface area contributed by atoms with Gasteiger partial charge in [-0.05, 0) is 70.9 Å². The zero-order valence-corrected chi connectivity index (χ0v) is 15.2. The third-order valence-corrected chi connectivity index (χ3v) is 6.54. The zero-order valence-electron chi connectivity index (χ0n) is 15.2. The van der Waals surface area contributed by atoms with Crippen LogP contribution < -0.4 is 0 Å². The van der Waals surface area contributed by atoms with Crippen LogP contribution in [0, 0.1) is 5.92 Å². The van der Waals surface area contributed by atoms with Crippen molar-refractivity contribution in [3.63, 3.8) is 0 Å². The molecule has 0 unspecified atom stereocenters. The molecule has 0 saturated carbocycles. The van der Waals surface area contributed by atoms with Crippen LogP contribution in [-0.2, 0) is 23.8 Å². The second-order valence-corrected chi connectivity index (χ2v) is 8.56. The van der Waals surface area contributed by atoms with E-state index < -0.39 is 17.2 Å². The zero-order chi connectivity index (χ0) is 18.0. The fourth-order valence-corrected chi connectivity index (χ4v) is 4.21. The van der Waals surface area contributed by atoms with E-state index in [0.717, 1.165) is 19.3 Å². The van der Waals surface area contributed by atoms with Crippen molar-refractivity contribution in [2.75, 3.05) is 0 Å². The Morgan fingerprint density at radius 3 is 2.60 bits per heavy atom. The van der Waals surface area contributed by atoms with Gasteiger partial charge in [0.2, 0.25) is 0 Å². The van der Waals surface area contributed by atoms with E-state index in [2.05, 4.69) is 13.5 Å². The predicted octanol–water partition coefficient (Wildman–Crippen LogP) is 2.88. The van der Waals surface area contributed by atoms with E-state index in [-0.39, 0.29) is 29.5 Å². The Morgan fingerprint density at radius 1 is 1.08 bits per heavy atom. The van der Waals surface area contributed by atoms with E-state index in [9.17, 15) is 9.59 Å². The van der Waals surface area contributed by atoms with Gasteiger partial charge in [0, 0.05) is 5.57 Å². The Kier molecular flexibility index (Phi) is 3.58. The minimum atomic E-state index is -1.14. The van der Waals surface area contributed by atoms with Gasteiger partial charge < -0.3 is 14.2 Å². The van der Waals surface area contributed by atoms with Crippen LogP contribution in [0.1, 0.15) is 52.9 Å². The summed E-state index contributed by atoms with van der Waals surface area (Å²) in [6.07, 6.45) is 7.37. The summed E-state index contributed by atoms with van der Waals surface area (Å²) in [7, 11) is 0. The summed E-state index contributed by atoms with van der Waals surface area (Å²) in [6, 6.07) is 0. The van der Waals surface area contributed by atoms with E-state index in [1.807, 2.05) is 13.0 Å². The van der Waals surface area contributed by atoms with Crippen molar-refractivity contribution in [2.45, 2.75) is 81.9 Å². The summed E-state index contributed by atoms with van der Waals surface area (Å²) in [5.74, 6) is -0.645. The smallest absolute Gasteiger partial charge is 0.334 e. The van der Waals surface area contributed by atoms with Crippen molar-refractivity contribution in [2.24, 2.45) is 5.92 Å². The van der Waals surface area contributed by atoms with Crippen molar-refractivity contribution in [1.29, 1.82) is 0 Å². The van der Waals surface area contributed by atoms with Gasteiger partial charge >= 0.3 is 5.97 Å². The molecule has 3 aliphatic heterocycles. The predicted molar refractivity (Wildman–Crippen MR) is 90.9 cm³/mol. The lowest BCUT2D eigenvalue weighted by atomic mass is 9.83. The molecule has 3 heterocycles. The number of carbonyl (C=O) groups excluding carboxylic acids is 2. The molecular formula is C20H26O5. The Hall–Kier alpha value is -1.46. The van der Waals surface area contributed by atoms with Crippen molar-refractivity contribution in [1.82, 2.24) is 0 Å². The molecule has 0 aromatic heterocycles. The molecule has 0 aromatic carbocycles. The molecule has 5 heteroatoms. The highest BCUT2D eigenvalue weighted by Gasteiger charge is 2.57. The van der Waals surface area contributed by atoms with E-state index in [0.29, 0.717) is 18.4 Å². The number of ketones is 1. The standard InChI is InChI=1S/C20H26O5/c1-12-13-5-8-18(2,25-17(12)22)14(21)6-9-19(3)15(23-19)7-10-20(4)16(11-13)24-20/h6,9,13,15-16H,1,5,7-8,10-11H2,2-4H3/b9-6+/t13-,15-,16+,18-,19-,20+/m1/s1. The third-order valence-electron chi connectivity index (χ3n) is 6.54. The minimum Gasteiger partial charge on any atom is -0.448 e. The summed E-state index contributed by atoms with van der Waals surface area (Å²) >= 11 is 0. The maximum absolute atomic E-state index is 12.7. The van der Waals surface area contributed by atoms with E-state index in [4.69, 9.17) is 14.2 Å². The fraction of sp³-hybridized carbons (Fsp3) is 0.700. The number of esters is 1. The molecule has 1 aliphatic carbocycles. The van der Waals surface area contributed by atoms with Crippen LogP contribution in [0.3, 0.4) is 0 Å². The number of hydrogen-bond donors (Lipinski definition) is 0. The maximum atomic E-state index is 12.7. The lowest BCUT2D eigenvalue weighted by Gasteiger charge is -2.24. The van der Waals surface area contributed by atoms with Crippen LogP contribution in [0.25, 0.3) is 0 Å². The molecule has 5 nitrogen and oxygen atoms in total. The monoisotopic (exact) mass is 346 g/mol. The summed E-state index contributed by atoms with van der Waals surface area (Å²) in [5.41, 5.74) is -1.22. The van der Waals surface area contributed by atoms with E-state index in [1.165, 1.54) is 6.08 Å². The normalized spacial score (nSPS) is 50.8.